The largest absolute Gasteiger partial charge is 0.483 e. The van der Waals surface area contributed by atoms with Crippen molar-refractivity contribution in [2.75, 3.05) is 32.9 Å². The second-order valence-electron chi connectivity index (χ2n) is 8.20. The van der Waals surface area contributed by atoms with E-state index in [9.17, 15) is 14.4 Å². The molecule has 2 aliphatic carbocycles. The first-order valence-electron chi connectivity index (χ1n) is 10.4. The van der Waals surface area contributed by atoms with Crippen molar-refractivity contribution in [1.29, 1.82) is 0 Å². The minimum absolute atomic E-state index is 0.0536. The summed E-state index contributed by atoms with van der Waals surface area (Å²) in [5, 5.41) is 5.22. The SMILES string of the molecule is O=C(COc1ccc(C=NN2C(=O)C3C4C=CC(C4)C3C2=O)cc1Br)N1CCOCC1. The Hall–Kier alpha value is -2.52. The molecule has 1 aromatic carbocycles. The standard InChI is InChI=1S/C22H22BrN3O5/c23-16-9-13(1-4-17(16)31-12-18(27)25-5-7-30-8-6-25)11-24-26-21(28)19-14-2-3-15(10-14)20(19)22(26)29/h1-4,9,11,14-15,19-20H,5-8,10,12H2. The van der Waals surface area contributed by atoms with Crippen LogP contribution >= 0.6 is 15.9 Å². The molecule has 4 atom stereocenters. The fraction of sp³-hybridized carbons (Fsp3) is 0.455. The Balaban J connectivity index is 1.21. The monoisotopic (exact) mass is 487 g/mol. The van der Waals surface area contributed by atoms with E-state index in [0.29, 0.717) is 42.1 Å². The lowest BCUT2D eigenvalue weighted by molar-refractivity contribution is -0.140. The number of fused-ring (bicyclic) bond motifs is 5. The van der Waals surface area contributed by atoms with Gasteiger partial charge in [0.15, 0.2) is 6.61 Å². The Morgan fingerprint density at radius 1 is 1.16 bits per heavy atom. The molecule has 4 aliphatic rings. The van der Waals surface area contributed by atoms with Crippen molar-refractivity contribution in [3.05, 3.63) is 40.4 Å². The first-order chi connectivity index (χ1) is 15.0. The van der Waals surface area contributed by atoms with Gasteiger partial charge in [0, 0.05) is 13.1 Å². The van der Waals surface area contributed by atoms with E-state index in [1.807, 2.05) is 0 Å². The van der Waals surface area contributed by atoms with E-state index in [0.717, 1.165) is 11.4 Å². The molecule has 31 heavy (non-hydrogen) atoms. The topological polar surface area (TPSA) is 88.5 Å². The van der Waals surface area contributed by atoms with Crippen LogP contribution in [-0.4, -0.2) is 66.8 Å². The third-order valence-electron chi connectivity index (χ3n) is 6.44. The number of carbonyl (C=O) groups excluding carboxylic acids is 3. The average Bonchev–Trinajstić information content (AvgIpc) is 3.46. The highest BCUT2D eigenvalue weighted by molar-refractivity contribution is 9.10. The molecular weight excluding hydrogens is 466 g/mol. The lowest BCUT2D eigenvalue weighted by Gasteiger charge is -2.26. The number of carbonyl (C=O) groups is 3. The Bertz CT molecular complexity index is 957. The number of morpholine rings is 1. The smallest absolute Gasteiger partial charge is 0.260 e. The lowest BCUT2D eigenvalue weighted by atomic mass is 9.85. The van der Waals surface area contributed by atoms with Crippen molar-refractivity contribution in [1.82, 2.24) is 9.91 Å². The molecule has 0 N–H and O–H groups in total. The quantitative estimate of drug-likeness (QED) is 0.359. The first-order valence-corrected chi connectivity index (χ1v) is 11.2. The fourth-order valence-electron chi connectivity index (χ4n) is 4.88. The Morgan fingerprint density at radius 2 is 1.84 bits per heavy atom. The number of benzene rings is 1. The maximum atomic E-state index is 12.7. The molecule has 0 aromatic heterocycles. The van der Waals surface area contributed by atoms with Crippen molar-refractivity contribution in [2.24, 2.45) is 28.8 Å². The van der Waals surface area contributed by atoms with Crippen LogP contribution in [0.3, 0.4) is 0 Å². The fourth-order valence-corrected chi connectivity index (χ4v) is 5.39. The summed E-state index contributed by atoms with van der Waals surface area (Å²) >= 11 is 3.45. The lowest BCUT2D eigenvalue weighted by Crippen LogP contribution is -2.43. The van der Waals surface area contributed by atoms with Gasteiger partial charge in [-0.25, -0.2) is 0 Å². The van der Waals surface area contributed by atoms with Gasteiger partial charge in [0.05, 0.1) is 35.7 Å². The van der Waals surface area contributed by atoms with E-state index in [2.05, 4.69) is 33.2 Å². The van der Waals surface area contributed by atoms with Gasteiger partial charge in [-0.2, -0.15) is 10.1 Å². The summed E-state index contributed by atoms with van der Waals surface area (Å²) in [6.07, 6.45) is 6.51. The van der Waals surface area contributed by atoms with Crippen LogP contribution < -0.4 is 4.74 Å². The number of nitrogens with zero attached hydrogens (tertiary/aromatic N) is 3. The second-order valence-corrected chi connectivity index (χ2v) is 9.06. The van der Waals surface area contributed by atoms with Crippen LogP contribution in [-0.2, 0) is 19.1 Å². The highest BCUT2D eigenvalue weighted by Crippen LogP contribution is 2.52. The molecule has 0 spiro atoms. The van der Waals surface area contributed by atoms with Crippen LogP contribution in [0.4, 0.5) is 0 Å². The molecule has 9 heteroatoms. The molecule has 2 saturated heterocycles. The molecule has 1 aromatic rings. The molecule has 0 radical (unpaired) electrons. The summed E-state index contributed by atoms with van der Waals surface area (Å²) in [6, 6.07) is 5.26. The van der Waals surface area contributed by atoms with Crippen molar-refractivity contribution in [3.8, 4) is 5.75 Å². The summed E-state index contributed by atoms with van der Waals surface area (Å²) in [4.78, 5) is 39.3. The maximum Gasteiger partial charge on any atom is 0.260 e. The van der Waals surface area contributed by atoms with Crippen LogP contribution in [0.25, 0.3) is 0 Å². The van der Waals surface area contributed by atoms with E-state index in [1.54, 1.807) is 23.1 Å². The van der Waals surface area contributed by atoms with E-state index >= 15 is 0 Å². The van der Waals surface area contributed by atoms with Crippen LogP contribution in [0, 0.1) is 23.7 Å². The molecule has 2 heterocycles. The van der Waals surface area contributed by atoms with E-state index in [1.165, 1.54) is 6.21 Å². The number of ether oxygens (including phenoxy) is 2. The zero-order valence-corrected chi connectivity index (χ0v) is 18.4. The number of halogens is 1. The van der Waals surface area contributed by atoms with Crippen molar-refractivity contribution < 1.29 is 23.9 Å². The average molecular weight is 488 g/mol. The normalized spacial score (nSPS) is 29.3. The van der Waals surface area contributed by atoms with Crippen molar-refractivity contribution in [2.45, 2.75) is 6.42 Å². The molecule has 5 rings (SSSR count). The molecule has 3 fully saturated rings. The van der Waals surface area contributed by atoms with Gasteiger partial charge in [0.2, 0.25) is 0 Å². The van der Waals surface area contributed by atoms with Crippen LogP contribution in [0.2, 0.25) is 0 Å². The van der Waals surface area contributed by atoms with Crippen LogP contribution in [0.5, 0.6) is 5.75 Å². The minimum atomic E-state index is -0.258. The number of hydrogen-bond acceptors (Lipinski definition) is 6. The molecule has 2 bridgehead atoms. The number of hydrogen-bond donors (Lipinski definition) is 0. The zero-order valence-electron chi connectivity index (χ0n) is 16.8. The van der Waals surface area contributed by atoms with Gasteiger partial charge < -0.3 is 14.4 Å². The molecule has 8 nitrogen and oxygen atoms in total. The van der Waals surface area contributed by atoms with Crippen molar-refractivity contribution >= 4 is 39.9 Å². The third-order valence-corrected chi connectivity index (χ3v) is 7.06. The predicted octanol–water partition coefficient (Wildman–Crippen LogP) is 1.83. The number of rotatable bonds is 5. The van der Waals surface area contributed by atoms with E-state index in [4.69, 9.17) is 9.47 Å². The van der Waals surface area contributed by atoms with Crippen molar-refractivity contribution in [3.63, 3.8) is 0 Å². The van der Waals surface area contributed by atoms with Gasteiger partial charge in [-0.05, 0) is 57.9 Å². The minimum Gasteiger partial charge on any atom is -0.483 e. The molecule has 3 amide bonds. The summed E-state index contributed by atoms with van der Waals surface area (Å²) in [6.45, 7) is 2.19. The van der Waals surface area contributed by atoms with Crippen LogP contribution in [0.1, 0.15) is 12.0 Å². The predicted molar refractivity (Wildman–Crippen MR) is 114 cm³/mol. The van der Waals surface area contributed by atoms with Gasteiger partial charge in [-0.15, -0.1) is 0 Å². The second kappa shape index (κ2) is 8.20. The molecule has 2 aliphatic heterocycles. The number of allylic oxidation sites excluding steroid dienone is 2. The van der Waals surface area contributed by atoms with E-state index in [-0.39, 0.29) is 48.0 Å². The summed E-state index contributed by atoms with van der Waals surface area (Å²) in [5.41, 5.74) is 0.706. The van der Waals surface area contributed by atoms with Crippen LogP contribution in [0.15, 0.2) is 39.9 Å². The van der Waals surface area contributed by atoms with Gasteiger partial charge in [-0.1, -0.05) is 12.2 Å². The van der Waals surface area contributed by atoms with E-state index < -0.39 is 0 Å². The Morgan fingerprint density at radius 3 is 2.48 bits per heavy atom. The first kappa shape index (κ1) is 20.4. The zero-order chi connectivity index (χ0) is 21.5. The Labute approximate surface area is 188 Å². The van der Waals surface area contributed by atoms with Gasteiger partial charge in [-0.3, -0.25) is 14.4 Å². The molecular formula is C22H22BrN3O5. The molecule has 162 valence electrons. The third kappa shape index (κ3) is 3.70. The van der Waals surface area contributed by atoms with Gasteiger partial charge in [0.25, 0.3) is 17.7 Å². The molecule has 1 saturated carbocycles. The van der Waals surface area contributed by atoms with Gasteiger partial charge >= 0.3 is 0 Å². The maximum absolute atomic E-state index is 12.7. The Kier molecular flexibility index (Phi) is 5.39. The summed E-state index contributed by atoms with van der Waals surface area (Å²) in [5.74, 6) is -0.148. The number of hydrazone groups is 1. The highest BCUT2D eigenvalue weighted by atomic mass is 79.9. The summed E-state index contributed by atoms with van der Waals surface area (Å²) < 4.78 is 11.6. The number of imide groups is 1. The highest BCUT2D eigenvalue weighted by Gasteiger charge is 2.59. The molecule has 4 unspecified atom stereocenters. The number of amides is 3. The summed E-state index contributed by atoms with van der Waals surface area (Å²) in [7, 11) is 0. The van der Waals surface area contributed by atoms with Gasteiger partial charge in [0.1, 0.15) is 5.75 Å².